The summed E-state index contributed by atoms with van der Waals surface area (Å²) in [6.45, 7) is 6.40. The summed E-state index contributed by atoms with van der Waals surface area (Å²) in [5.74, 6) is 0.941. The highest BCUT2D eigenvalue weighted by molar-refractivity contribution is 6.31. The Labute approximate surface area is 123 Å². The van der Waals surface area contributed by atoms with Gasteiger partial charge in [0.25, 0.3) is 0 Å². The van der Waals surface area contributed by atoms with Gasteiger partial charge < -0.3 is 11.1 Å². The fourth-order valence-electron chi connectivity index (χ4n) is 1.88. The van der Waals surface area contributed by atoms with Crippen LogP contribution in [0.3, 0.4) is 0 Å². The number of benzene rings is 1. The number of nitrogens with zero attached hydrogens (tertiary/aromatic N) is 2. The summed E-state index contributed by atoms with van der Waals surface area (Å²) >= 11 is 6.14. The molecule has 0 fully saturated rings. The predicted molar refractivity (Wildman–Crippen MR) is 84.9 cm³/mol. The van der Waals surface area contributed by atoms with Crippen molar-refractivity contribution in [2.75, 3.05) is 17.6 Å². The Bertz CT molecular complexity index is 625. The maximum atomic E-state index is 6.14. The van der Waals surface area contributed by atoms with E-state index in [1.165, 1.54) is 0 Å². The Balaban J connectivity index is 2.36. The molecule has 0 aliphatic carbocycles. The first-order chi connectivity index (χ1) is 9.61. The Morgan fingerprint density at radius 2 is 2.20 bits per heavy atom. The van der Waals surface area contributed by atoms with E-state index in [4.69, 9.17) is 17.3 Å². The lowest BCUT2D eigenvalue weighted by molar-refractivity contribution is 1.04. The van der Waals surface area contributed by atoms with Gasteiger partial charge in [-0.3, -0.25) is 0 Å². The number of halogens is 1. The van der Waals surface area contributed by atoms with E-state index in [1.807, 2.05) is 37.3 Å². The topological polar surface area (TPSA) is 63.8 Å². The molecule has 2 aromatic rings. The van der Waals surface area contributed by atoms with Crippen molar-refractivity contribution in [3.05, 3.63) is 47.5 Å². The monoisotopic (exact) mass is 288 g/mol. The van der Waals surface area contributed by atoms with Crippen LogP contribution in [0.1, 0.15) is 12.0 Å². The smallest absolute Gasteiger partial charge is 0.222 e. The van der Waals surface area contributed by atoms with E-state index in [1.54, 1.807) is 0 Å². The Morgan fingerprint density at radius 1 is 1.40 bits per heavy atom. The quantitative estimate of drug-likeness (QED) is 0.651. The van der Waals surface area contributed by atoms with Crippen molar-refractivity contribution >= 4 is 23.4 Å². The van der Waals surface area contributed by atoms with Crippen molar-refractivity contribution in [2.24, 2.45) is 0 Å². The molecule has 1 aromatic carbocycles. The molecule has 0 bridgehead atoms. The van der Waals surface area contributed by atoms with Crippen molar-refractivity contribution in [1.29, 1.82) is 0 Å². The molecule has 4 nitrogen and oxygen atoms in total. The molecule has 20 heavy (non-hydrogen) atoms. The van der Waals surface area contributed by atoms with Crippen LogP contribution in [-0.4, -0.2) is 16.5 Å². The van der Waals surface area contributed by atoms with Crippen LogP contribution in [0.5, 0.6) is 0 Å². The third-order valence-corrected chi connectivity index (χ3v) is 3.35. The van der Waals surface area contributed by atoms with Gasteiger partial charge in [-0.05, 0) is 25.0 Å². The van der Waals surface area contributed by atoms with Crippen molar-refractivity contribution in [2.45, 2.75) is 13.3 Å². The molecule has 5 heteroatoms. The van der Waals surface area contributed by atoms with Gasteiger partial charge >= 0.3 is 0 Å². The largest absolute Gasteiger partial charge is 0.370 e. The summed E-state index contributed by atoms with van der Waals surface area (Å²) in [6, 6.07) is 7.59. The molecular formula is C15H17ClN4. The van der Waals surface area contributed by atoms with Crippen LogP contribution >= 0.6 is 11.6 Å². The van der Waals surface area contributed by atoms with Crippen molar-refractivity contribution in [3.8, 4) is 11.3 Å². The number of aromatic nitrogens is 2. The Kier molecular flexibility index (Phi) is 4.58. The minimum absolute atomic E-state index is 0.239. The maximum Gasteiger partial charge on any atom is 0.222 e. The zero-order valence-electron chi connectivity index (χ0n) is 11.4. The van der Waals surface area contributed by atoms with E-state index in [-0.39, 0.29) is 5.95 Å². The molecule has 0 atom stereocenters. The molecule has 1 aromatic heterocycles. The van der Waals surface area contributed by atoms with Crippen LogP contribution in [-0.2, 0) is 0 Å². The van der Waals surface area contributed by atoms with Gasteiger partial charge in [0.05, 0.1) is 5.69 Å². The van der Waals surface area contributed by atoms with Crippen LogP contribution in [0.2, 0.25) is 5.02 Å². The van der Waals surface area contributed by atoms with E-state index >= 15 is 0 Å². The molecule has 0 radical (unpaired) electrons. The standard InChI is InChI=1S/C15H17ClN4/c1-3-4-8-18-14-9-13(19-15(17)20-14)11-6-5-7-12(16)10(11)2/h3,5-7,9H,1,4,8H2,2H3,(H3,17,18,19,20). The summed E-state index contributed by atoms with van der Waals surface area (Å²) < 4.78 is 0. The molecule has 1 heterocycles. The number of nitrogens with one attached hydrogen (secondary N) is 1. The van der Waals surface area contributed by atoms with E-state index in [9.17, 15) is 0 Å². The first kappa shape index (κ1) is 14.3. The molecule has 0 aliphatic heterocycles. The number of anilines is 2. The highest BCUT2D eigenvalue weighted by Gasteiger charge is 2.09. The molecule has 0 unspecified atom stereocenters. The highest BCUT2D eigenvalue weighted by Crippen LogP contribution is 2.28. The van der Waals surface area contributed by atoms with Crippen LogP contribution in [0.15, 0.2) is 36.9 Å². The van der Waals surface area contributed by atoms with Crippen LogP contribution in [0, 0.1) is 6.92 Å². The van der Waals surface area contributed by atoms with Crippen molar-refractivity contribution < 1.29 is 0 Å². The second kappa shape index (κ2) is 6.39. The SMILES string of the molecule is C=CCCNc1cc(-c2cccc(Cl)c2C)nc(N)n1. The molecule has 104 valence electrons. The molecular weight excluding hydrogens is 272 g/mol. The van der Waals surface area contributed by atoms with Crippen LogP contribution < -0.4 is 11.1 Å². The first-order valence-corrected chi connectivity index (χ1v) is 6.74. The third kappa shape index (κ3) is 3.27. The zero-order chi connectivity index (χ0) is 14.5. The number of hydrogen-bond acceptors (Lipinski definition) is 4. The molecule has 0 aliphatic rings. The van der Waals surface area contributed by atoms with Gasteiger partial charge in [-0.25, -0.2) is 4.98 Å². The van der Waals surface area contributed by atoms with Gasteiger partial charge in [-0.1, -0.05) is 29.8 Å². The highest BCUT2D eigenvalue weighted by atomic mass is 35.5. The number of hydrogen-bond donors (Lipinski definition) is 2. The Morgan fingerprint density at radius 3 is 2.95 bits per heavy atom. The minimum atomic E-state index is 0.239. The van der Waals surface area contributed by atoms with Gasteiger partial charge in [0.2, 0.25) is 5.95 Å². The Hall–Kier alpha value is -2.07. The summed E-state index contributed by atoms with van der Waals surface area (Å²) in [5, 5.41) is 3.90. The second-order valence-electron chi connectivity index (χ2n) is 4.41. The van der Waals surface area contributed by atoms with E-state index in [0.29, 0.717) is 10.8 Å². The molecule has 3 N–H and O–H groups in total. The summed E-state index contributed by atoms with van der Waals surface area (Å²) in [5.41, 5.74) is 8.47. The van der Waals surface area contributed by atoms with Gasteiger partial charge in [0.15, 0.2) is 0 Å². The van der Waals surface area contributed by atoms with E-state index in [2.05, 4.69) is 21.9 Å². The normalized spacial score (nSPS) is 10.3. The van der Waals surface area contributed by atoms with Gasteiger partial charge in [-0.2, -0.15) is 4.98 Å². The lowest BCUT2D eigenvalue weighted by Gasteiger charge is -2.10. The fraction of sp³-hybridized carbons (Fsp3) is 0.200. The second-order valence-corrected chi connectivity index (χ2v) is 4.82. The minimum Gasteiger partial charge on any atom is -0.370 e. The van der Waals surface area contributed by atoms with Crippen molar-refractivity contribution in [3.63, 3.8) is 0 Å². The maximum absolute atomic E-state index is 6.14. The predicted octanol–water partition coefficient (Wildman–Crippen LogP) is 3.68. The molecule has 0 spiro atoms. The molecule has 0 saturated heterocycles. The summed E-state index contributed by atoms with van der Waals surface area (Å²) in [4.78, 5) is 8.45. The van der Waals surface area contributed by atoms with E-state index < -0.39 is 0 Å². The lowest BCUT2D eigenvalue weighted by Crippen LogP contribution is -2.06. The average Bonchev–Trinajstić information content (AvgIpc) is 2.41. The third-order valence-electron chi connectivity index (χ3n) is 2.94. The van der Waals surface area contributed by atoms with Crippen LogP contribution in [0.4, 0.5) is 11.8 Å². The lowest BCUT2D eigenvalue weighted by atomic mass is 10.1. The van der Waals surface area contributed by atoms with Crippen molar-refractivity contribution in [1.82, 2.24) is 9.97 Å². The van der Waals surface area contributed by atoms with Crippen LogP contribution in [0.25, 0.3) is 11.3 Å². The summed E-state index contributed by atoms with van der Waals surface area (Å²) in [7, 11) is 0. The van der Waals surface area contributed by atoms with Gasteiger partial charge in [0, 0.05) is 23.2 Å². The fourth-order valence-corrected chi connectivity index (χ4v) is 2.06. The number of nitrogens with two attached hydrogens (primary N) is 1. The molecule has 2 rings (SSSR count). The zero-order valence-corrected chi connectivity index (χ0v) is 12.1. The average molecular weight is 289 g/mol. The summed E-state index contributed by atoms with van der Waals surface area (Å²) in [6.07, 6.45) is 2.70. The first-order valence-electron chi connectivity index (χ1n) is 6.36. The number of rotatable bonds is 5. The van der Waals surface area contributed by atoms with E-state index in [0.717, 1.165) is 29.8 Å². The molecule has 0 amide bonds. The molecule has 0 saturated carbocycles. The van der Waals surface area contributed by atoms with Gasteiger partial charge in [0.1, 0.15) is 5.82 Å². The van der Waals surface area contributed by atoms with Gasteiger partial charge in [-0.15, -0.1) is 6.58 Å². The number of nitrogen functional groups attached to an aromatic ring is 1.